The van der Waals surface area contributed by atoms with Crippen molar-refractivity contribution in [1.29, 1.82) is 0 Å². The maximum atomic E-state index is 10.4. The molecule has 0 aromatic carbocycles. The summed E-state index contributed by atoms with van der Waals surface area (Å²) in [5.41, 5.74) is 0.850. The quantitative estimate of drug-likeness (QED) is 0.663. The molecule has 1 heterocycles. The van der Waals surface area contributed by atoms with E-state index in [4.69, 9.17) is 11.6 Å². The van der Waals surface area contributed by atoms with Crippen LogP contribution in [0.15, 0.2) is 12.4 Å². The summed E-state index contributed by atoms with van der Waals surface area (Å²) in [6, 6.07) is 0. The Balaban J connectivity index is 0.000001000. The first-order chi connectivity index (χ1) is 4.68. The molecule has 1 aromatic heterocycles. The topological polar surface area (TPSA) is 34.9 Å². The third kappa shape index (κ3) is 3.39. The first-order valence-electron chi connectivity index (χ1n) is 2.84. The lowest BCUT2D eigenvalue weighted by atomic mass is 10.3. The van der Waals surface area contributed by atoms with Crippen molar-refractivity contribution in [1.82, 2.24) is 9.78 Å². The zero-order chi connectivity index (χ0) is 7.56. The molecule has 0 atom stereocenters. The number of hydrogen-bond donors (Lipinski definition) is 0. The maximum Gasteiger partial charge on any atom is 0.226 e. The summed E-state index contributed by atoms with van der Waals surface area (Å²) in [4.78, 5) is 10.4. The van der Waals surface area contributed by atoms with Crippen LogP contribution >= 0.6 is 24.0 Å². The molecule has 11 heavy (non-hydrogen) atoms. The second-order valence-electron chi connectivity index (χ2n) is 2.05. The highest BCUT2D eigenvalue weighted by atomic mass is 35.5. The van der Waals surface area contributed by atoms with Crippen molar-refractivity contribution in [2.24, 2.45) is 7.05 Å². The van der Waals surface area contributed by atoms with Gasteiger partial charge >= 0.3 is 0 Å². The second kappa shape index (κ2) is 4.36. The Morgan fingerprint density at radius 2 is 2.45 bits per heavy atom. The van der Waals surface area contributed by atoms with Gasteiger partial charge in [0.1, 0.15) is 0 Å². The second-order valence-corrected chi connectivity index (χ2v) is 2.48. The van der Waals surface area contributed by atoms with Crippen molar-refractivity contribution in [3.8, 4) is 0 Å². The van der Waals surface area contributed by atoms with Crippen LogP contribution in [0.1, 0.15) is 5.56 Å². The van der Waals surface area contributed by atoms with Crippen LogP contribution in [-0.2, 0) is 18.3 Å². The van der Waals surface area contributed by atoms with Crippen LogP contribution in [0.5, 0.6) is 0 Å². The van der Waals surface area contributed by atoms with Gasteiger partial charge in [-0.25, -0.2) is 0 Å². The fraction of sp³-hybridized carbons (Fsp3) is 0.333. The zero-order valence-corrected chi connectivity index (χ0v) is 7.52. The maximum absolute atomic E-state index is 10.4. The highest BCUT2D eigenvalue weighted by Gasteiger charge is 2.00. The number of aromatic nitrogens is 2. The molecule has 0 bridgehead atoms. The minimum atomic E-state index is -0.354. The number of carbonyl (C=O) groups is 1. The van der Waals surface area contributed by atoms with Gasteiger partial charge < -0.3 is 0 Å². The number of carbonyl (C=O) groups excluding carboxylic acids is 1. The molecule has 0 aliphatic rings. The van der Waals surface area contributed by atoms with E-state index in [1.165, 1.54) is 0 Å². The first kappa shape index (κ1) is 10.5. The van der Waals surface area contributed by atoms with Gasteiger partial charge in [-0.2, -0.15) is 5.10 Å². The minimum absolute atomic E-state index is 0. The molecule has 0 saturated carbocycles. The van der Waals surface area contributed by atoms with E-state index in [9.17, 15) is 4.79 Å². The van der Waals surface area contributed by atoms with Gasteiger partial charge in [0.2, 0.25) is 5.24 Å². The molecule has 0 N–H and O–H groups in total. The van der Waals surface area contributed by atoms with Crippen LogP contribution in [0.2, 0.25) is 0 Å². The van der Waals surface area contributed by atoms with Crippen LogP contribution in [0.3, 0.4) is 0 Å². The number of nitrogens with zero attached hydrogens (tertiary/aromatic N) is 2. The molecule has 0 aliphatic heterocycles. The number of rotatable bonds is 2. The Labute approximate surface area is 75.8 Å². The van der Waals surface area contributed by atoms with Gasteiger partial charge in [-0.1, -0.05) is 0 Å². The fourth-order valence-electron chi connectivity index (χ4n) is 0.724. The van der Waals surface area contributed by atoms with Gasteiger partial charge in [-0.3, -0.25) is 9.48 Å². The summed E-state index contributed by atoms with van der Waals surface area (Å²) < 4.78 is 1.63. The van der Waals surface area contributed by atoms with E-state index in [2.05, 4.69) is 5.10 Å². The molecule has 3 nitrogen and oxygen atoms in total. The van der Waals surface area contributed by atoms with Crippen molar-refractivity contribution in [3.63, 3.8) is 0 Å². The lowest BCUT2D eigenvalue weighted by molar-refractivity contribution is -0.111. The highest BCUT2D eigenvalue weighted by Crippen LogP contribution is 1.99. The third-order valence-electron chi connectivity index (χ3n) is 1.10. The highest BCUT2D eigenvalue weighted by molar-refractivity contribution is 6.63. The van der Waals surface area contributed by atoms with Gasteiger partial charge in [0.15, 0.2) is 0 Å². The number of aryl methyl sites for hydroxylation is 1. The van der Waals surface area contributed by atoms with Crippen molar-refractivity contribution in [3.05, 3.63) is 18.0 Å². The largest absolute Gasteiger partial charge is 0.281 e. The number of hydrogen-bond acceptors (Lipinski definition) is 2. The van der Waals surface area contributed by atoms with Crippen LogP contribution in [0.25, 0.3) is 0 Å². The Hall–Kier alpha value is -0.540. The summed E-state index contributed by atoms with van der Waals surface area (Å²) in [6.45, 7) is 0. The Morgan fingerprint density at radius 3 is 2.82 bits per heavy atom. The van der Waals surface area contributed by atoms with E-state index >= 15 is 0 Å². The van der Waals surface area contributed by atoms with Crippen LogP contribution < -0.4 is 0 Å². The molecule has 0 aliphatic carbocycles. The lowest BCUT2D eigenvalue weighted by Crippen LogP contribution is -1.91. The minimum Gasteiger partial charge on any atom is -0.281 e. The molecule has 0 unspecified atom stereocenters. The summed E-state index contributed by atoms with van der Waals surface area (Å²) in [7, 11) is 1.79. The fourth-order valence-corrected chi connectivity index (χ4v) is 0.878. The average Bonchev–Trinajstić information content (AvgIpc) is 2.13. The summed E-state index contributed by atoms with van der Waals surface area (Å²) in [5, 5.41) is 3.52. The first-order valence-corrected chi connectivity index (χ1v) is 3.22. The molecule has 5 heteroatoms. The lowest BCUT2D eigenvalue weighted by Gasteiger charge is -1.85. The smallest absolute Gasteiger partial charge is 0.226 e. The van der Waals surface area contributed by atoms with Gasteiger partial charge in [0.25, 0.3) is 0 Å². The molecule has 0 radical (unpaired) electrons. The molecular weight excluding hydrogens is 187 g/mol. The Kier molecular flexibility index (Phi) is 4.15. The van der Waals surface area contributed by atoms with Crippen molar-refractivity contribution < 1.29 is 4.79 Å². The predicted octanol–water partition coefficient (Wildman–Crippen LogP) is 1.15. The van der Waals surface area contributed by atoms with Crippen molar-refractivity contribution in [2.45, 2.75) is 6.42 Å². The van der Waals surface area contributed by atoms with E-state index in [1.807, 2.05) is 0 Å². The van der Waals surface area contributed by atoms with Crippen LogP contribution in [-0.4, -0.2) is 15.0 Å². The standard InChI is InChI=1S/C6H7ClN2O.ClH/c1-9-4-5(3-8-9)2-6(7)10;/h3-4H,2H2,1H3;1H. The van der Waals surface area contributed by atoms with Crippen LogP contribution in [0, 0.1) is 0 Å². The van der Waals surface area contributed by atoms with E-state index in [0.717, 1.165) is 5.56 Å². The van der Waals surface area contributed by atoms with E-state index < -0.39 is 0 Å². The summed E-state index contributed by atoms with van der Waals surface area (Å²) >= 11 is 5.15. The molecule has 62 valence electrons. The van der Waals surface area contributed by atoms with Crippen molar-refractivity contribution >= 4 is 29.3 Å². The summed E-state index contributed by atoms with van der Waals surface area (Å²) in [6.07, 6.45) is 3.65. The SMILES string of the molecule is Cl.Cn1cc(CC(=O)Cl)cn1. The average molecular weight is 195 g/mol. The Morgan fingerprint density at radius 1 is 1.82 bits per heavy atom. The summed E-state index contributed by atoms with van der Waals surface area (Å²) in [5.74, 6) is 0. The Bertz CT molecular complexity index is 246. The third-order valence-corrected chi connectivity index (χ3v) is 1.24. The van der Waals surface area contributed by atoms with Gasteiger partial charge in [-0.05, 0) is 17.2 Å². The van der Waals surface area contributed by atoms with Gasteiger partial charge in [0.05, 0.1) is 6.20 Å². The van der Waals surface area contributed by atoms with E-state index in [-0.39, 0.29) is 24.1 Å². The monoisotopic (exact) mass is 194 g/mol. The molecule has 0 fully saturated rings. The molecule has 0 spiro atoms. The molecule has 1 aromatic rings. The molecule has 1 rings (SSSR count). The zero-order valence-electron chi connectivity index (χ0n) is 5.95. The molecule has 0 amide bonds. The van der Waals surface area contributed by atoms with Gasteiger partial charge in [-0.15, -0.1) is 12.4 Å². The normalized spacial score (nSPS) is 8.91. The number of halogens is 2. The van der Waals surface area contributed by atoms with Crippen LogP contribution in [0.4, 0.5) is 0 Å². The molecular formula is C6H8Cl2N2O. The van der Waals surface area contributed by atoms with Crippen molar-refractivity contribution in [2.75, 3.05) is 0 Å². The predicted molar refractivity (Wildman–Crippen MR) is 45.0 cm³/mol. The molecule has 0 saturated heterocycles. The van der Waals surface area contributed by atoms with E-state index in [1.54, 1.807) is 24.1 Å². The van der Waals surface area contributed by atoms with Gasteiger partial charge in [0, 0.05) is 19.7 Å². The van der Waals surface area contributed by atoms with E-state index in [0.29, 0.717) is 0 Å².